The second-order valence-corrected chi connectivity index (χ2v) is 4.08. The van der Waals surface area contributed by atoms with Crippen LogP contribution in [0.15, 0.2) is 60.7 Å². The highest BCUT2D eigenvalue weighted by molar-refractivity contribution is 5.85. The molecule has 2 nitrogen and oxygen atoms in total. The molecule has 1 aromatic heterocycles. The number of aromatic nitrogens is 1. The van der Waals surface area contributed by atoms with Crippen molar-refractivity contribution in [2.75, 3.05) is 0 Å². The highest BCUT2D eigenvalue weighted by Crippen LogP contribution is 2.28. The van der Waals surface area contributed by atoms with Crippen LogP contribution in [-0.4, -0.2) is 4.98 Å². The van der Waals surface area contributed by atoms with Gasteiger partial charge in [-0.3, -0.25) is 0 Å². The van der Waals surface area contributed by atoms with Crippen molar-refractivity contribution in [3.8, 4) is 23.8 Å². The molecule has 0 aliphatic rings. The van der Waals surface area contributed by atoms with Crippen molar-refractivity contribution in [1.29, 1.82) is 0 Å². The van der Waals surface area contributed by atoms with Gasteiger partial charge < -0.3 is 4.74 Å². The summed E-state index contributed by atoms with van der Waals surface area (Å²) in [5, 5.41) is 0.949. The molecule has 0 saturated heterocycles. The second-order valence-electron chi connectivity index (χ2n) is 4.08. The van der Waals surface area contributed by atoms with E-state index in [0.29, 0.717) is 5.69 Å². The van der Waals surface area contributed by atoms with E-state index in [2.05, 4.69) is 10.9 Å². The van der Waals surface area contributed by atoms with Crippen LogP contribution in [0.25, 0.3) is 10.9 Å². The van der Waals surface area contributed by atoms with Crippen LogP contribution in [-0.2, 0) is 0 Å². The van der Waals surface area contributed by atoms with Gasteiger partial charge in [0.05, 0.1) is 5.52 Å². The van der Waals surface area contributed by atoms with Gasteiger partial charge in [0.1, 0.15) is 17.2 Å². The molecule has 0 N–H and O–H groups in total. The Morgan fingerprint density at radius 1 is 0.895 bits per heavy atom. The quantitative estimate of drug-likeness (QED) is 0.636. The van der Waals surface area contributed by atoms with Gasteiger partial charge in [-0.2, -0.15) is 0 Å². The first-order valence-electron chi connectivity index (χ1n) is 5.96. The molecule has 0 fully saturated rings. The third-order valence-corrected chi connectivity index (χ3v) is 2.81. The molecule has 0 unspecified atom stereocenters. The number of nitrogens with zero attached hydrogens (tertiary/aromatic N) is 1. The summed E-state index contributed by atoms with van der Waals surface area (Å²) in [6.45, 7) is 0. The standard InChI is InChI=1S/C17H11NO/c1-2-13-11-12-15-16(18-13)9-6-10-17(15)19-14-7-4-3-5-8-14/h1,3-12H. The average molecular weight is 245 g/mol. The maximum absolute atomic E-state index is 5.87. The Kier molecular flexibility index (Phi) is 2.88. The predicted molar refractivity (Wildman–Crippen MR) is 76.2 cm³/mol. The summed E-state index contributed by atoms with van der Waals surface area (Å²) in [7, 11) is 0. The second kappa shape index (κ2) is 4.83. The Morgan fingerprint density at radius 2 is 1.74 bits per heavy atom. The Labute approximate surface area is 111 Å². The molecule has 0 aliphatic carbocycles. The predicted octanol–water partition coefficient (Wildman–Crippen LogP) is 4.01. The highest BCUT2D eigenvalue weighted by Gasteiger charge is 2.04. The first kappa shape index (κ1) is 11.3. The van der Waals surface area contributed by atoms with Crippen LogP contribution in [0.4, 0.5) is 0 Å². The molecule has 0 atom stereocenters. The Hall–Kier alpha value is -2.79. The van der Waals surface area contributed by atoms with Crippen LogP contribution in [0, 0.1) is 12.3 Å². The number of fused-ring (bicyclic) bond motifs is 1. The van der Waals surface area contributed by atoms with Crippen molar-refractivity contribution in [1.82, 2.24) is 4.98 Å². The molecular formula is C17H11NO. The van der Waals surface area contributed by atoms with E-state index in [1.165, 1.54) is 0 Å². The molecule has 2 heteroatoms. The van der Waals surface area contributed by atoms with E-state index >= 15 is 0 Å². The minimum absolute atomic E-state index is 0.629. The van der Waals surface area contributed by atoms with Crippen molar-refractivity contribution in [2.45, 2.75) is 0 Å². The number of benzene rings is 2. The van der Waals surface area contributed by atoms with Gasteiger partial charge in [-0.1, -0.05) is 30.2 Å². The summed E-state index contributed by atoms with van der Waals surface area (Å²) < 4.78 is 5.87. The average Bonchev–Trinajstić information content (AvgIpc) is 2.48. The van der Waals surface area contributed by atoms with Crippen molar-refractivity contribution >= 4 is 10.9 Å². The molecule has 0 radical (unpaired) electrons. The first-order chi connectivity index (χ1) is 9.36. The van der Waals surface area contributed by atoms with Crippen molar-refractivity contribution in [3.63, 3.8) is 0 Å². The number of ether oxygens (including phenoxy) is 1. The zero-order valence-corrected chi connectivity index (χ0v) is 10.2. The largest absolute Gasteiger partial charge is 0.457 e. The monoisotopic (exact) mass is 245 g/mol. The molecule has 0 aliphatic heterocycles. The normalized spacial score (nSPS) is 10.1. The number of para-hydroxylation sites is 1. The van der Waals surface area contributed by atoms with Crippen LogP contribution in [0.1, 0.15) is 5.69 Å². The lowest BCUT2D eigenvalue weighted by Crippen LogP contribution is -1.88. The minimum Gasteiger partial charge on any atom is -0.457 e. The van der Waals surface area contributed by atoms with Gasteiger partial charge in [0, 0.05) is 5.39 Å². The van der Waals surface area contributed by atoms with E-state index < -0.39 is 0 Å². The summed E-state index contributed by atoms with van der Waals surface area (Å²) in [6.07, 6.45) is 5.36. The molecular weight excluding hydrogens is 234 g/mol. The van der Waals surface area contributed by atoms with Crippen LogP contribution in [0.3, 0.4) is 0 Å². The van der Waals surface area contributed by atoms with Gasteiger partial charge in [0.2, 0.25) is 0 Å². The lowest BCUT2D eigenvalue weighted by Gasteiger charge is -2.08. The van der Waals surface area contributed by atoms with Crippen molar-refractivity contribution in [3.05, 3.63) is 66.4 Å². The molecule has 3 aromatic rings. The molecule has 0 bridgehead atoms. The van der Waals surface area contributed by atoms with Gasteiger partial charge in [-0.25, -0.2) is 4.98 Å². The third kappa shape index (κ3) is 2.27. The smallest absolute Gasteiger partial charge is 0.136 e. The summed E-state index contributed by atoms with van der Waals surface area (Å²) in [4.78, 5) is 4.38. The molecule has 19 heavy (non-hydrogen) atoms. The van der Waals surface area contributed by atoms with E-state index in [1.54, 1.807) is 0 Å². The number of terminal acetylenes is 1. The van der Waals surface area contributed by atoms with Gasteiger partial charge in [0.15, 0.2) is 0 Å². The maximum Gasteiger partial charge on any atom is 0.136 e. The summed E-state index contributed by atoms with van der Waals surface area (Å²) >= 11 is 0. The van der Waals surface area contributed by atoms with E-state index in [9.17, 15) is 0 Å². The van der Waals surface area contributed by atoms with Gasteiger partial charge >= 0.3 is 0 Å². The van der Waals surface area contributed by atoms with E-state index in [0.717, 1.165) is 22.4 Å². The number of pyridine rings is 1. The number of hydrogen-bond donors (Lipinski definition) is 0. The van der Waals surface area contributed by atoms with Gasteiger partial charge in [0.25, 0.3) is 0 Å². The molecule has 90 valence electrons. The fourth-order valence-corrected chi connectivity index (χ4v) is 1.91. The molecule has 0 spiro atoms. The lowest BCUT2D eigenvalue weighted by atomic mass is 10.2. The van der Waals surface area contributed by atoms with E-state index in [1.807, 2.05) is 60.7 Å². The van der Waals surface area contributed by atoms with Crippen LogP contribution >= 0.6 is 0 Å². The Balaban J connectivity index is 2.07. The fraction of sp³-hybridized carbons (Fsp3) is 0. The van der Waals surface area contributed by atoms with Crippen molar-refractivity contribution < 1.29 is 4.74 Å². The SMILES string of the molecule is C#Cc1ccc2c(Oc3ccccc3)cccc2n1. The van der Waals surface area contributed by atoms with Crippen LogP contribution in [0.5, 0.6) is 11.5 Å². The molecule has 1 heterocycles. The van der Waals surface area contributed by atoms with Crippen LogP contribution in [0.2, 0.25) is 0 Å². The third-order valence-electron chi connectivity index (χ3n) is 2.81. The molecule has 0 saturated carbocycles. The van der Waals surface area contributed by atoms with E-state index in [-0.39, 0.29) is 0 Å². The first-order valence-corrected chi connectivity index (χ1v) is 5.96. The van der Waals surface area contributed by atoms with Gasteiger partial charge in [-0.05, 0) is 36.4 Å². The molecule has 3 rings (SSSR count). The van der Waals surface area contributed by atoms with Gasteiger partial charge in [-0.15, -0.1) is 6.42 Å². The molecule has 2 aromatic carbocycles. The minimum atomic E-state index is 0.629. The van der Waals surface area contributed by atoms with Crippen molar-refractivity contribution in [2.24, 2.45) is 0 Å². The maximum atomic E-state index is 5.87. The summed E-state index contributed by atoms with van der Waals surface area (Å²) in [6, 6.07) is 19.2. The Morgan fingerprint density at radius 3 is 2.53 bits per heavy atom. The topological polar surface area (TPSA) is 22.1 Å². The number of hydrogen-bond acceptors (Lipinski definition) is 2. The van der Waals surface area contributed by atoms with E-state index in [4.69, 9.17) is 11.2 Å². The number of rotatable bonds is 2. The zero-order chi connectivity index (χ0) is 13.1. The summed E-state index contributed by atoms with van der Waals surface area (Å²) in [5.41, 5.74) is 1.47. The zero-order valence-electron chi connectivity index (χ0n) is 10.2. The Bertz CT molecular complexity index is 757. The van der Waals surface area contributed by atoms with Crippen LogP contribution < -0.4 is 4.74 Å². The highest BCUT2D eigenvalue weighted by atomic mass is 16.5. The fourth-order valence-electron chi connectivity index (χ4n) is 1.91. The lowest BCUT2D eigenvalue weighted by molar-refractivity contribution is 0.488. The summed E-state index contributed by atoms with van der Waals surface area (Å²) in [5.74, 6) is 4.12. The molecule has 0 amide bonds.